The van der Waals surface area contributed by atoms with E-state index in [1.54, 1.807) is 17.7 Å². The van der Waals surface area contributed by atoms with Crippen molar-refractivity contribution >= 4 is 51.0 Å². The van der Waals surface area contributed by atoms with Crippen LogP contribution in [0.2, 0.25) is 4.34 Å². The molecule has 0 saturated heterocycles. The Morgan fingerprint density at radius 1 is 1.20 bits per heavy atom. The van der Waals surface area contributed by atoms with Crippen molar-refractivity contribution in [2.24, 2.45) is 4.99 Å². The van der Waals surface area contributed by atoms with E-state index in [-0.39, 0.29) is 0 Å². The smallest absolute Gasteiger partial charge is 0.421 e. The van der Waals surface area contributed by atoms with E-state index in [0.717, 1.165) is 21.7 Å². The summed E-state index contributed by atoms with van der Waals surface area (Å²) in [6, 6.07) is 5.77. The number of ether oxygens (including phenoxy) is 2. The van der Waals surface area contributed by atoms with Crippen LogP contribution in [0.25, 0.3) is 16.3 Å². The number of halogens is 1. The van der Waals surface area contributed by atoms with Crippen LogP contribution in [0.5, 0.6) is 0 Å². The number of carbonyl (C=O) groups excluding carboxylic acids is 1. The van der Waals surface area contributed by atoms with Crippen LogP contribution in [0.3, 0.4) is 0 Å². The zero-order chi connectivity index (χ0) is 21.4. The Balaban J connectivity index is 1.85. The minimum Gasteiger partial charge on any atom is -0.494 e. The molecule has 0 radical (unpaired) electrons. The molecule has 0 amide bonds. The Labute approximate surface area is 182 Å². The molecule has 0 aliphatic carbocycles. The molecule has 3 aromatic rings. The molecule has 0 fully saturated rings. The highest BCUT2D eigenvalue weighted by Gasteiger charge is 2.34. The number of hydrogen-bond acceptors (Lipinski definition) is 5. The maximum Gasteiger partial charge on any atom is 0.421 e. The zero-order valence-corrected chi connectivity index (χ0v) is 18.8. The summed E-state index contributed by atoms with van der Waals surface area (Å²) in [5.74, 6) is 0.649. The maximum absolute atomic E-state index is 13.5. The third-order valence-corrected chi connectivity index (χ3v) is 6.66. The number of fused-ring (bicyclic) bond motifs is 6. The Bertz CT molecular complexity index is 1330. The molecule has 154 valence electrons. The molecule has 8 heteroatoms. The van der Waals surface area contributed by atoms with Crippen molar-refractivity contribution in [3.8, 4) is 0 Å². The number of aromatic nitrogens is 2. The summed E-state index contributed by atoms with van der Waals surface area (Å²) in [6.45, 7) is 7.80. The average molecular weight is 442 g/mol. The first-order chi connectivity index (χ1) is 14.2. The molecule has 5 heterocycles. The molecule has 0 atom stereocenters. The normalized spacial score (nSPS) is 19.3. The number of methoxy groups -OCH3 is 1. The molecule has 0 unspecified atom stereocenters. The highest BCUT2D eigenvalue weighted by Crippen LogP contribution is 2.37. The van der Waals surface area contributed by atoms with Crippen molar-refractivity contribution in [1.82, 2.24) is 9.13 Å². The Morgan fingerprint density at radius 2 is 1.97 bits per heavy atom. The molecule has 30 heavy (non-hydrogen) atoms. The van der Waals surface area contributed by atoms with Gasteiger partial charge >= 0.3 is 6.09 Å². The van der Waals surface area contributed by atoms with Crippen LogP contribution < -0.4 is 0 Å². The molecule has 2 aliphatic rings. The Kier molecular flexibility index (Phi) is 4.07. The molecular weight excluding hydrogens is 422 g/mol. The minimum atomic E-state index is -0.930. The summed E-state index contributed by atoms with van der Waals surface area (Å²) in [4.78, 5) is 18.3. The number of allylic oxidation sites excluding steroid dienone is 1. The number of cyclic esters (lactones) is 1. The Morgan fingerprint density at radius 3 is 2.70 bits per heavy atom. The van der Waals surface area contributed by atoms with Crippen molar-refractivity contribution in [3.05, 3.63) is 62.7 Å². The van der Waals surface area contributed by atoms with Crippen LogP contribution in [0.1, 0.15) is 36.5 Å². The van der Waals surface area contributed by atoms with E-state index in [2.05, 4.69) is 6.07 Å². The second kappa shape index (κ2) is 6.36. The molecular formula is C22H20ClN3O3S. The maximum atomic E-state index is 13.5. The van der Waals surface area contributed by atoms with E-state index in [0.29, 0.717) is 32.7 Å². The van der Waals surface area contributed by atoms with Gasteiger partial charge in [0.25, 0.3) is 0 Å². The second-order valence-electron chi connectivity index (χ2n) is 7.91. The molecule has 5 rings (SSSR count). The quantitative estimate of drug-likeness (QED) is 0.476. The van der Waals surface area contributed by atoms with Gasteiger partial charge in [0.2, 0.25) is 0 Å². The molecule has 0 saturated carbocycles. The van der Waals surface area contributed by atoms with E-state index < -0.39 is 11.8 Å². The first kappa shape index (κ1) is 19.2. The second-order valence-corrected chi connectivity index (χ2v) is 9.62. The van der Waals surface area contributed by atoms with Gasteiger partial charge in [-0.3, -0.25) is 0 Å². The average Bonchev–Trinajstić information content (AvgIpc) is 3.35. The predicted molar refractivity (Wildman–Crippen MR) is 120 cm³/mol. The van der Waals surface area contributed by atoms with Crippen LogP contribution in [-0.2, 0) is 15.2 Å². The fourth-order valence-corrected chi connectivity index (χ4v) is 5.47. The van der Waals surface area contributed by atoms with Gasteiger partial charge in [-0.25, -0.2) is 14.4 Å². The molecule has 0 spiro atoms. The van der Waals surface area contributed by atoms with E-state index in [9.17, 15) is 4.79 Å². The van der Waals surface area contributed by atoms with E-state index in [1.807, 2.05) is 50.5 Å². The lowest BCUT2D eigenvalue weighted by molar-refractivity contribution is -0.0208. The van der Waals surface area contributed by atoms with Gasteiger partial charge in [-0.1, -0.05) is 11.6 Å². The Hall–Kier alpha value is -2.77. The van der Waals surface area contributed by atoms with Crippen LogP contribution >= 0.6 is 22.9 Å². The summed E-state index contributed by atoms with van der Waals surface area (Å²) < 4.78 is 16.7. The van der Waals surface area contributed by atoms with Gasteiger partial charge in [0, 0.05) is 17.5 Å². The largest absolute Gasteiger partial charge is 0.494 e. The standard InChI is InChI=1S/C22H20ClN3O3S/c1-11-6-12(2)26-15(11)7-14-18(28-5)8-13(24-14)16-9-19-17(10-20(23)30-19)25(16)21(27)29-22(26,3)4/h6-10H,1-5H3/b14-7-. The van der Waals surface area contributed by atoms with Gasteiger partial charge in [-0.05, 0) is 57.5 Å². The molecule has 0 N–H and O–H groups in total. The predicted octanol–water partition coefficient (Wildman–Crippen LogP) is 5.84. The van der Waals surface area contributed by atoms with E-state index in [1.165, 1.54) is 11.3 Å². The fraction of sp³-hybridized carbons (Fsp3) is 0.273. The van der Waals surface area contributed by atoms with Gasteiger partial charge in [0.05, 0.1) is 33.1 Å². The number of carbonyl (C=O) groups is 1. The topological polar surface area (TPSA) is 57.8 Å². The monoisotopic (exact) mass is 441 g/mol. The van der Waals surface area contributed by atoms with Crippen molar-refractivity contribution < 1.29 is 14.3 Å². The summed E-state index contributed by atoms with van der Waals surface area (Å²) in [5.41, 5.74) is 4.73. The highest BCUT2D eigenvalue weighted by atomic mass is 35.5. The van der Waals surface area contributed by atoms with Gasteiger partial charge in [-0.15, -0.1) is 11.3 Å². The molecule has 6 nitrogen and oxygen atoms in total. The van der Waals surface area contributed by atoms with E-state index >= 15 is 0 Å². The van der Waals surface area contributed by atoms with Crippen molar-refractivity contribution in [3.63, 3.8) is 0 Å². The van der Waals surface area contributed by atoms with Gasteiger partial charge < -0.3 is 14.0 Å². The van der Waals surface area contributed by atoms with Crippen LogP contribution in [0.4, 0.5) is 4.79 Å². The molecule has 2 bridgehead atoms. The van der Waals surface area contributed by atoms with Crippen molar-refractivity contribution in [1.29, 1.82) is 0 Å². The van der Waals surface area contributed by atoms with Crippen molar-refractivity contribution in [2.45, 2.75) is 33.4 Å². The first-order valence-electron chi connectivity index (χ1n) is 9.50. The van der Waals surface area contributed by atoms with Gasteiger partial charge in [-0.2, -0.15) is 0 Å². The summed E-state index contributed by atoms with van der Waals surface area (Å²) in [5, 5.41) is 0. The number of thiophene rings is 1. The van der Waals surface area contributed by atoms with Gasteiger partial charge in [0.1, 0.15) is 11.5 Å². The fourth-order valence-electron chi connectivity index (χ4n) is 4.31. The lowest BCUT2D eigenvalue weighted by atomic mass is 10.2. The van der Waals surface area contributed by atoms with Crippen molar-refractivity contribution in [2.75, 3.05) is 7.11 Å². The number of nitrogens with zero attached hydrogens (tertiary/aromatic N) is 3. The number of hydrogen-bond donors (Lipinski definition) is 0. The summed E-state index contributed by atoms with van der Waals surface area (Å²) in [6.07, 6.45) is 3.35. The summed E-state index contributed by atoms with van der Waals surface area (Å²) in [7, 11) is 1.62. The lowest BCUT2D eigenvalue weighted by Crippen LogP contribution is -2.36. The van der Waals surface area contributed by atoms with Crippen LogP contribution in [0.15, 0.2) is 40.7 Å². The van der Waals surface area contributed by atoms with E-state index in [4.69, 9.17) is 26.1 Å². The summed E-state index contributed by atoms with van der Waals surface area (Å²) >= 11 is 7.63. The number of rotatable bonds is 1. The lowest BCUT2D eigenvalue weighted by Gasteiger charge is -2.30. The van der Waals surface area contributed by atoms with Crippen LogP contribution in [-0.4, -0.2) is 28.0 Å². The molecule has 2 aliphatic heterocycles. The third kappa shape index (κ3) is 2.69. The number of aryl methyl sites for hydroxylation is 2. The molecule has 0 aromatic carbocycles. The zero-order valence-electron chi connectivity index (χ0n) is 17.2. The van der Waals surface area contributed by atoms with Crippen LogP contribution in [0, 0.1) is 13.8 Å². The number of aliphatic imine (C=N–C) groups is 1. The highest BCUT2D eigenvalue weighted by molar-refractivity contribution is 7.22. The third-order valence-electron chi connectivity index (χ3n) is 5.46. The minimum absolute atomic E-state index is 0.485. The van der Waals surface area contributed by atoms with Gasteiger partial charge in [0.15, 0.2) is 5.72 Å². The SMILES string of the molecule is COC1=CC2=N/C1=C\c1c(C)cc(C)n1C(C)(C)OC(=O)n1c2cc2sc(Cl)cc21. The molecule has 3 aromatic heterocycles. The first-order valence-corrected chi connectivity index (χ1v) is 10.7.